The molecule has 1 fully saturated rings. The predicted molar refractivity (Wildman–Crippen MR) is 77.9 cm³/mol. The number of hydrogen-bond donors (Lipinski definition) is 1. The van der Waals surface area contributed by atoms with Gasteiger partial charge in [0.15, 0.2) is 0 Å². The van der Waals surface area contributed by atoms with Crippen LogP contribution in [0.4, 0.5) is 4.39 Å². The highest BCUT2D eigenvalue weighted by atomic mass is 19.1. The Morgan fingerprint density at radius 2 is 2.26 bits per heavy atom. The van der Waals surface area contributed by atoms with Crippen LogP contribution in [-0.4, -0.2) is 37.6 Å². The number of halogens is 1. The van der Waals surface area contributed by atoms with Gasteiger partial charge < -0.3 is 10.2 Å². The molecule has 1 unspecified atom stereocenters. The molecular formula is C16H25FN2. The molecule has 2 rings (SSSR count). The molecule has 1 N–H and O–H groups in total. The Hall–Kier alpha value is -0.930. The third-order valence-corrected chi connectivity index (χ3v) is 4.05. The molecule has 1 aliphatic rings. The first-order valence-electron chi connectivity index (χ1n) is 7.37. The zero-order valence-corrected chi connectivity index (χ0v) is 12.1. The number of nitrogens with one attached hydrogen (secondary N) is 1. The van der Waals surface area contributed by atoms with E-state index in [9.17, 15) is 4.39 Å². The van der Waals surface area contributed by atoms with E-state index in [2.05, 4.69) is 17.1 Å². The van der Waals surface area contributed by atoms with Crippen molar-refractivity contribution in [3.8, 4) is 0 Å². The van der Waals surface area contributed by atoms with Gasteiger partial charge in [-0.3, -0.25) is 0 Å². The Labute approximate surface area is 116 Å². The van der Waals surface area contributed by atoms with Crippen LogP contribution in [0.15, 0.2) is 18.2 Å². The van der Waals surface area contributed by atoms with Crippen LogP contribution in [0.5, 0.6) is 0 Å². The first kappa shape index (κ1) is 14.5. The topological polar surface area (TPSA) is 15.3 Å². The minimum Gasteiger partial charge on any atom is -0.317 e. The number of hydrogen-bond acceptors (Lipinski definition) is 2. The van der Waals surface area contributed by atoms with Gasteiger partial charge in [-0.1, -0.05) is 13.0 Å². The van der Waals surface area contributed by atoms with E-state index < -0.39 is 0 Å². The van der Waals surface area contributed by atoms with Crippen LogP contribution in [-0.2, 0) is 6.42 Å². The van der Waals surface area contributed by atoms with Crippen LogP contribution in [0.2, 0.25) is 0 Å². The molecule has 106 valence electrons. The third kappa shape index (κ3) is 4.29. The molecule has 1 heterocycles. The zero-order valence-electron chi connectivity index (χ0n) is 12.1. The van der Waals surface area contributed by atoms with Crippen molar-refractivity contribution in [2.75, 3.05) is 32.7 Å². The molecule has 0 radical (unpaired) electrons. The fourth-order valence-electron chi connectivity index (χ4n) is 2.85. The van der Waals surface area contributed by atoms with Crippen LogP contribution in [0.3, 0.4) is 0 Å². The Bertz CT molecular complexity index is 406. The van der Waals surface area contributed by atoms with Crippen molar-refractivity contribution in [1.82, 2.24) is 10.2 Å². The quantitative estimate of drug-likeness (QED) is 0.849. The van der Waals surface area contributed by atoms with Gasteiger partial charge in [0.1, 0.15) is 5.82 Å². The van der Waals surface area contributed by atoms with E-state index in [1.807, 2.05) is 13.0 Å². The smallest absolute Gasteiger partial charge is 0.123 e. The van der Waals surface area contributed by atoms with Gasteiger partial charge >= 0.3 is 0 Å². The maximum absolute atomic E-state index is 13.0. The summed E-state index contributed by atoms with van der Waals surface area (Å²) in [4.78, 5) is 2.53. The molecule has 3 heteroatoms. The fourth-order valence-corrected chi connectivity index (χ4v) is 2.85. The Morgan fingerprint density at radius 1 is 1.42 bits per heavy atom. The third-order valence-electron chi connectivity index (χ3n) is 4.05. The maximum Gasteiger partial charge on any atom is 0.123 e. The molecule has 0 aliphatic carbocycles. The van der Waals surface area contributed by atoms with Gasteiger partial charge in [0.05, 0.1) is 0 Å². The second kappa shape index (κ2) is 7.01. The van der Waals surface area contributed by atoms with E-state index >= 15 is 0 Å². The molecule has 0 amide bonds. The van der Waals surface area contributed by atoms with Gasteiger partial charge in [0, 0.05) is 13.1 Å². The molecule has 1 aromatic rings. The maximum atomic E-state index is 13.0. The fraction of sp³-hybridized carbons (Fsp3) is 0.625. The minimum absolute atomic E-state index is 0.131. The molecule has 1 atom stereocenters. The highest BCUT2D eigenvalue weighted by Crippen LogP contribution is 2.17. The van der Waals surface area contributed by atoms with Crippen LogP contribution >= 0.6 is 0 Å². The number of rotatable bonds is 6. The Balaban J connectivity index is 1.77. The lowest BCUT2D eigenvalue weighted by Crippen LogP contribution is -2.27. The summed E-state index contributed by atoms with van der Waals surface area (Å²) in [7, 11) is 0. The van der Waals surface area contributed by atoms with Gasteiger partial charge in [-0.05, 0) is 68.6 Å². The highest BCUT2D eigenvalue weighted by Gasteiger charge is 2.21. The van der Waals surface area contributed by atoms with Gasteiger partial charge in [0.2, 0.25) is 0 Å². The van der Waals surface area contributed by atoms with Crippen molar-refractivity contribution in [1.29, 1.82) is 0 Å². The summed E-state index contributed by atoms with van der Waals surface area (Å²) in [6, 6.07) is 5.13. The molecular weight excluding hydrogens is 239 g/mol. The average Bonchev–Trinajstić information content (AvgIpc) is 2.83. The largest absolute Gasteiger partial charge is 0.317 e. The Morgan fingerprint density at radius 3 is 3.00 bits per heavy atom. The van der Waals surface area contributed by atoms with Gasteiger partial charge in [-0.15, -0.1) is 0 Å². The van der Waals surface area contributed by atoms with Crippen molar-refractivity contribution >= 4 is 0 Å². The molecule has 0 bridgehead atoms. The van der Waals surface area contributed by atoms with E-state index in [-0.39, 0.29) is 5.82 Å². The van der Waals surface area contributed by atoms with Crippen molar-refractivity contribution in [3.63, 3.8) is 0 Å². The molecule has 1 saturated heterocycles. The van der Waals surface area contributed by atoms with Crippen LogP contribution in [0, 0.1) is 18.7 Å². The van der Waals surface area contributed by atoms with E-state index in [4.69, 9.17) is 0 Å². The SMILES string of the molecule is CCNCC1CCN(CCc2ccc(F)cc2C)C1. The molecule has 0 spiro atoms. The molecule has 0 aromatic heterocycles. The summed E-state index contributed by atoms with van der Waals surface area (Å²) in [5.41, 5.74) is 2.35. The Kier molecular flexibility index (Phi) is 5.34. The number of nitrogens with zero attached hydrogens (tertiary/aromatic N) is 1. The van der Waals surface area contributed by atoms with E-state index in [0.717, 1.165) is 37.5 Å². The molecule has 19 heavy (non-hydrogen) atoms. The van der Waals surface area contributed by atoms with Gasteiger partial charge in [-0.25, -0.2) is 4.39 Å². The standard InChI is InChI=1S/C16H25FN2/c1-3-18-11-14-6-8-19(12-14)9-7-15-4-5-16(17)10-13(15)2/h4-5,10,14,18H,3,6-9,11-12H2,1-2H3. The second-order valence-electron chi connectivity index (χ2n) is 5.58. The average molecular weight is 264 g/mol. The number of benzene rings is 1. The van der Waals surface area contributed by atoms with E-state index in [1.165, 1.54) is 25.1 Å². The van der Waals surface area contributed by atoms with Gasteiger partial charge in [0.25, 0.3) is 0 Å². The van der Waals surface area contributed by atoms with E-state index in [0.29, 0.717) is 0 Å². The first-order valence-corrected chi connectivity index (χ1v) is 7.37. The molecule has 1 aromatic carbocycles. The molecule has 2 nitrogen and oxygen atoms in total. The van der Waals surface area contributed by atoms with Crippen LogP contribution in [0.25, 0.3) is 0 Å². The predicted octanol–water partition coefficient (Wildman–Crippen LogP) is 2.61. The molecule has 1 aliphatic heterocycles. The van der Waals surface area contributed by atoms with Gasteiger partial charge in [-0.2, -0.15) is 0 Å². The second-order valence-corrected chi connectivity index (χ2v) is 5.58. The van der Waals surface area contributed by atoms with Crippen molar-refractivity contribution in [2.45, 2.75) is 26.7 Å². The number of aryl methyl sites for hydroxylation is 1. The normalized spacial score (nSPS) is 20.1. The summed E-state index contributed by atoms with van der Waals surface area (Å²) in [6.07, 6.45) is 2.33. The van der Waals surface area contributed by atoms with Crippen molar-refractivity contribution < 1.29 is 4.39 Å². The summed E-state index contributed by atoms with van der Waals surface area (Å²) in [5.74, 6) is 0.669. The first-order chi connectivity index (χ1) is 9.19. The lowest BCUT2D eigenvalue weighted by Gasteiger charge is -2.17. The zero-order chi connectivity index (χ0) is 13.7. The van der Waals surface area contributed by atoms with Crippen LogP contribution < -0.4 is 5.32 Å². The lowest BCUT2D eigenvalue weighted by molar-refractivity contribution is 0.326. The highest BCUT2D eigenvalue weighted by molar-refractivity contribution is 5.26. The van der Waals surface area contributed by atoms with Crippen molar-refractivity contribution in [2.24, 2.45) is 5.92 Å². The summed E-state index contributed by atoms with van der Waals surface area (Å²) in [5, 5.41) is 3.43. The van der Waals surface area contributed by atoms with E-state index in [1.54, 1.807) is 12.1 Å². The monoisotopic (exact) mass is 264 g/mol. The van der Waals surface area contributed by atoms with Crippen molar-refractivity contribution in [3.05, 3.63) is 35.1 Å². The summed E-state index contributed by atoms with van der Waals surface area (Å²) >= 11 is 0. The number of likely N-dealkylation sites (tertiary alicyclic amines) is 1. The minimum atomic E-state index is -0.131. The summed E-state index contributed by atoms with van der Waals surface area (Å²) < 4.78 is 13.0. The molecule has 0 saturated carbocycles. The lowest BCUT2D eigenvalue weighted by atomic mass is 10.1. The summed E-state index contributed by atoms with van der Waals surface area (Å²) in [6.45, 7) is 9.85. The van der Waals surface area contributed by atoms with Crippen LogP contribution in [0.1, 0.15) is 24.5 Å².